The summed E-state index contributed by atoms with van der Waals surface area (Å²) in [6, 6.07) is 13.3. The zero-order valence-corrected chi connectivity index (χ0v) is 17.4. The summed E-state index contributed by atoms with van der Waals surface area (Å²) in [6.45, 7) is 9.42. The van der Waals surface area contributed by atoms with Crippen LogP contribution in [0.3, 0.4) is 0 Å². The Morgan fingerprint density at radius 2 is 1.61 bits per heavy atom. The van der Waals surface area contributed by atoms with Crippen molar-refractivity contribution in [2.75, 3.05) is 16.8 Å². The monoisotopic (exact) mass is 382 g/mol. The molecule has 0 bridgehead atoms. The number of ether oxygens (including phenoxy) is 1. The standard InChI is InChI=1S/C23H30N2O3/c1-6-18-11-10-12-19(7-2)23(18)25(17(5)26)15-22(27)24-20-13-8-9-14-21(20)28-16(3)4/h8-14,16H,6-7,15H2,1-5H3,(H,24,27). The fraction of sp³-hybridized carbons (Fsp3) is 0.391. The van der Waals surface area contributed by atoms with Gasteiger partial charge in [-0.3, -0.25) is 9.59 Å². The molecule has 0 saturated carbocycles. The molecule has 0 fully saturated rings. The number of hydrogen-bond donors (Lipinski definition) is 1. The van der Waals surface area contributed by atoms with Crippen LogP contribution in [0.5, 0.6) is 5.75 Å². The van der Waals surface area contributed by atoms with Gasteiger partial charge in [0.05, 0.1) is 17.5 Å². The molecule has 28 heavy (non-hydrogen) atoms. The maximum atomic E-state index is 12.8. The van der Waals surface area contributed by atoms with Crippen LogP contribution in [0.2, 0.25) is 0 Å². The first-order valence-corrected chi connectivity index (χ1v) is 9.81. The van der Waals surface area contributed by atoms with Crippen LogP contribution >= 0.6 is 0 Å². The molecule has 5 heteroatoms. The third kappa shape index (κ3) is 5.35. The van der Waals surface area contributed by atoms with Crippen molar-refractivity contribution in [2.24, 2.45) is 0 Å². The highest BCUT2D eigenvalue weighted by Crippen LogP contribution is 2.28. The first kappa shape index (κ1) is 21.5. The zero-order chi connectivity index (χ0) is 20.7. The Labute approximate surface area is 167 Å². The van der Waals surface area contributed by atoms with Crippen LogP contribution in [0.1, 0.15) is 45.7 Å². The van der Waals surface area contributed by atoms with Gasteiger partial charge in [-0.25, -0.2) is 0 Å². The molecule has 0 aliphatic rings. The maximum absolute atomic E-state index is 12.8. The lowest BCUT2D eigenvalue weighted by atomic mass is 10.0. The summed E-state index contributed by atoms with van der Waals surface area (Å²) in [6.07, 6.45) is 1.58. The minimum Gasteiger partial charge on any atom is -0.489 e. The van der Waals surface area contributed by atoms with Gasteiger partial charge in [0, 0.05) is 6.92 Å². The van der Waals surface area contributed by atoms with Crippen LogP contribution in [0.25, 0.3) is 0 Å². The summed E-state index contributed by atoms with van der Waals surface area (Å²) in [5, 5.41) is 2.89. The number of anilines is 2. The Hall–Kier alpha value is -2.82. The van der Waals surface area contributed by atoms with E-state index in [0.717, 1.165) is 29.7 Å². The van der Waals surface area contributed by atoms with Crippen molar-refractivity contribution in [1.29, 1.82) is 0 Å². The molecule has 0 heterocycles. The van der Waals surface area contributed by atoms with E-state index in [1.54, 1.807) is 11.0 Å². The van der Waals surface area contributed by atoms with Gasteiger partial charge < -0.3 is 15.0 Å². The summed E-state index contributed by atoms with van der Waals surface area (Å²) in [5.74, 6) is 0.198. The Kier molecular flexibility index (Phi) is 7.61. The Morgan fingerprint density at radius 3 is 2.14 bits per heavy atom. The van der Waals surface area contributed by atoms with E-state index in [9.17, 15) is 9.59 Å². The number of hydrogen-bond acceptors (Lipinski definition) is 3. The zero-order valence-electron chi connectivity index (χ0n) is 17.4. The van der Waals surface area contributed by atoms with Gasteiger partial charge >= 0.3 is 0 Å². The first-order valence-electron chi connectivity index (χ1n) is 9.81. The lowest BCUT2D eigenvalue weighted by Gasteiger charge is -2.26. The van der Waals surface area contributed by atoms with Gasteiger partial charge in [-0.15, -0.1) is 0 Å². The van der Waals surface area contributed by atoms with Crippen molar-refractivity contribution < 1.29 is 14.3 Å². The second-order valence-electron chi connectivity index (χ2n) is 6.95. The molecule has 2 amide bonds. The fourth-order valence-corrected chi connectivity index (χ4v) is 3.17. The number of para-hydroxylation sites is 3. The third-order valence-electron chi connectivity index (χ3n) is 4.44. The fourth-order valence-electron chi connectivity index (χ4n) is 3.17. The predicted octanol–water partition coefficient (Wildman–Crippen LogP) is 4.59. The van der Waals surface area contributed by atoms with Gasteiger partial charge in [0.15, 0.2) is 0 Å². The number of benzene rings is 2. The quantitative estimate of drug-likeness (QED) is 0.726. The Balaban J connectivity index is 2.28. The molecule has 2 aromatic rings. The number of nitrogens with one attached hydrogen (secondary N) is 1. The van der Waals surface area contributed by atoms with Crippen molar-refractivity contribution in [3.05, 3.63) is 53.6 Å². The summed E-state index contributed by atoms with van der Waals surface area (Å²) < 4.78 is 5.76. The van der Waals surface area contributed by atoms with Crippen LogP contribution < -0.4 is 15.0 Å². The van der Waals surface area contributed by atoms with E-state index < -0.39 is 0 Å². The van der Waals surface area contributed by atoms with E-state index in [4.69, 9.17) is 4.74 Å². The number of carbonyl (C=O) groups excluding carboxylic acids is 2. The summed E-state index contributed by atoms with van der Waals surface area (Å²) in [7, 11) is 0. The average molecular weight is 383 g/mol. The number of aryl methyl sites for hydroxylation is 2. The van der Waals surface area contributed by atoms with E-state index in [2.05, 4.69) is 19.2 Å². The molecule has 1 N–H and O–H groups in total. The number of rotatable bonds is 8. The van der Waals surface area contributed by atoms with Crippen LogP contribution in [-0.4, -0.2) is 24.5 Å². The first-order chi connectivity index (χ1) is 13.4. The largest absolute Gasteiger partial charge is 0.489 e. The van der Waals surface area contributed by atoms with Crippen molar-refractivity contribution >= 4 is 23.2 Å². The second kappa shape index (κ2) is 9.93. The highest BCUT2D eigenvalue weighted by Gasteiger charge is 2.21. The van der Waals surface area contributed by atoms with Gasteiger partial charge in [-0.2, -0.15) is 0 Å². The Bertz CT molecular complexity index is 808. The number of amides is 2. The van der Waals surface area contributed by atoms with Crippen LogP contribution in [0, 0.1) is 0 Å². The molecule has 5 nitrogen and oxygen atoms in total. The van der Waals surface area contributed by atoms with Gasteiger partial charge in [0.1, 0.15) is 12.3 Å². The highest BCUT2D eigenvalue weighted by molar-refractivity contribution is 6.03. The van der Waals surface area contributed by atoms with Crippen molar-refractivity contribution in [3.8, 4) is 5.75 Å². The van der Waals surface area contributed by atoms with Gasteiger partial charge in [0.2, 0.25) is 11.8 Å². The van der Waals surface area contributed by atoms with Crippen LogP contribution in [0.4, 0.5) is 11.4 Å². The van der Waals surface area contributed by atoms with Gasteiger partial charge in [0.25, 0.3) is 0 Å². The lowest BCUT2D eigenvalue weighted by Crippen LogP contribution is -2.38. The Morgan fingerprint density at radius 1 is 1.00 bits per heavy atom. The van der Waals surface area contributed by atoms with E-state index in [1.165, 1.54) is 6.92 Å². The molecule has 0 saturated heterocycles. The maximum Gasteiger partial charge on any atom is 0.244 e. The van der Waals surface area contributed by atoms with E-state index in [1.807, 2.05) is 50.2 Å². The normalized spacial score (nSPS) is 10.6. The molecule has 0 unspecified atom stereocenters. The molecule has 2 aromatic carbocycles. The average Bonchev–Trinajstić information content (AvgIpc) is 2.66. The van der Waals surface area contributed by atoms with Crippen molar-refractivity contribution in [1.82, 2.24) is 0 Å². The summed E-state index contributed by atoms with van der Waals surface area (Å²) in [4.78, 5) is 26.7. The molecular weight excluding hydrogens is 352 g/mol. The van der Waals surface area contributed by atoms with E-state index in [-0.39, 0.29) is 24.5 Å². The molecule has 0 radical (unpaired) electrons. The molecule has 2 rings (SSSR count). The van der Waals surface area contributed by atoms with Crippen LogP contribution in [0.15, 0.2) is 42.5 Å². The van der Waals surface area contributed by atoms with Crippen molar-refractivity contribution in [3.63, 3.8) is 0 Å². The van der Waals surface area contributed by atoms with Crippen LogP contribution in [-0.2, 0) is 22.4 Å². The van der Waals surface area contributed by atoms with E-state index in [0.29, 0.717) is 11.4 Å². The topological polar surface area (TPSA) is 58.6 Å². The third-order valence-corrected chi connectivity index (χ3v) is 4.44. The molecule has 0 aliphatic heterocycles. The number of carbonyl (C=O) groups is 2. The smallest absolute Gasteiger partial charge is 0.244 e. The molecule has 0 aromatic heterocycles. The SMILES string of the molecule is CCc1cccc(CC)c1N(CC(=O)Nc1ccccc1OC(C)C)C(C)=O. The second-order valence-corrected chi connectivity index (χ2v) is 6.95. The van der Waals surface area contributed by atoms with E-state index >= 15 is 0 Å². The highest BCUT2D eigenvalue weighted by atomic mass is 16.5. The van der Waals surface area contributed by atoms with Gasteiger partial charge in [-0.1, -0.05) is 44.2 Å². The molecular formula is C23H30N2O3. The number of nitrogens with zero attached hydrogens (tertiary/aromatic N) is 1. The summed E-state index contributed by atoms with van der Waals surface area (Å²) in [5.41, 5.74) is 3.57. The lowest BCUT2D eigenvalue weighted by molar-refractivity contribution is -0.120. The summed E-state index contributed by atoms with van der Waals surface area (Å²) >= 11 is 0. The minimum atomic E-state index is -0.261. The predicted molar refractivity (Wildman–Crippen MR) is 114 cm³/mol. The molecule has 150 valence electrons. The molecule has 0 atom stereocenters. The van der Waals surface area contributed by atoms with Gasteiger partial charge in [-0.05, 0) is 49.9 Å². The molecule has 0 aliphatic carbocycles. The van der Waals surface area contributed by atoms with Crippen molar-refractivity contribution in [2.45, 2.75) is 53.6 Å². The minimum absolute atomic E-state index is 0.00434. The molecule has 0 spiro atoms.